The van der Waals surface area contributed by atoms with E-state index in [0.29, 0.717) is 11.4 Å². The van der Waals surface area contributed by atoms with Gasteiger partial charge in [0.05, 0.1) is 24.3 Å². The van der Waals surface area contributed by atoms with E-state index in [9.17, 15) is 4.79 Å². The molecular weight excluding hydrogens is 266 g/mol. The Morgan fingerprint density at radius 3 is 3.17 bits per heavy atom. The number of rotatable bonds is 3. The number of hydrogen-bond donors (Lipinski definition) is 2. The first-order valence-electron chi connectivity index (χ1n) is 5.23. The van der Waals surface area contributed by atoms with Crippen molar-refractivity contribution in [3.05, 3.63) is 38.5 Å². The minimum absolute atomic E-state index is 0.126. The van der Waals surface area contributed by atoms with Crippen LogP contribution in [0.4, 0.5) is 0 Å². The molecule has 0 fully saturated rings. The number of nitrogens with one attached hydrogen (secondary N) is 1. The highest BCUT2D eigenvalue weighted by Crippen LogP contribution is 2.15. The monoisotopic (exact) mass is 277 g/mol. The average Bonchev–Trinajstić information content (AvgIpc) is 3.04. The molecule has 2 aromatic heterocycles. The van der Waals surface area contributed by atoms with Gasteiger partial charge in [-0.2, -0.15) is 0 Å². The average molecular weight is 277 g/mol. The highest BCUT2D eigenvalue weighted by atomic mass is 32.1. The SMILES string of the molecule is NCC#Cc1ccsc1C(=O)NCc1cscn1. The molecule has 4 nitrogen and oxygen atoms in total. The molecule has 0 spiro atoms. The molecule has 0 radical (unpaired) electrons. The van der Waals surface area contributed by atoms with Crippen molar-refractivity contribution in [2.45, 2.75) is 6.54 Å². The van der Waals surface area contributed by atoms with Crippen molar-refractivity contribution in [3.8, 4) is 11.8 Å². The number of thiazole rings is 1. The summed E-state index contributed by atoms with van der Waals surface area (Å²) in [4.78, 5) is 16.7. The van der Waals surface area contributed by atoms with Crippen molar-refractivity contribution in [2.75, 3.05) is 6.54 Å². The normalized spacial score (nSPS) is 9.61. The molecule has 2 heterocycles. The number of thiophene rings is 1. The maximum Gasteiger partial charge on any atom is 0.262 e. The molecule has 0 saturated carbocycles. The lowest BCUT2D eigenvalue weighted by Gasteiger charge is -2.01. The van der Waals surface area contributed by atoms with Gasteiger partial charge in [0.15, 0.2) is 0 Å². The van der Waals surface area contributed by atoms with E-state index in [-0.39, 0.29) is 12.5 Å². The third kappa shape index (κ3) is 3.17. The van der Waals surface area contributed by atoms with Crippen LogP contribution in [0.25, 0.3) is 0 Å². The fourth-order valence-electron chi connectivity index (χ4n) is 1.31. The third-order valence-corrected chi connectivity index (χ3v) is 3.66. The summed E-state index contributed by atoms with van der Waals surface area (Å²) in [6.07, 6.45) is 0. The molecule has 92 valence electrons. The van der Waals surface area contributed by atoms with Crippen LogP contribution in [0.3, 0.4) is 0 Å². The minimum Gasteiger partial charge on any atom is -0.346 e. The molecule has 18 heavy (non-hydrogen) atoms. The molecule has 6 heteroatoms. The molecule has 0 atom stereocenters. The zero-order valence-electron chi connectivity index (χ0n) is 9.47. The van der Waals surface area contributed by atoms with Gasteiger partial charge in [-0.1, -0.05) is 11.8 Å². The summed E-state index contributed by atoms with van der Waals surface area (Å²) in [5, 5.41) is 6.57. The maximum atomic E-state index is 12.0. The molecule has 3 N–H and O–H groups in total. The van der Waals surface area contributed by atoms with Crippen molar-refractivity contribution in [1.29, 1.82) is 0 Å². The summed E-state index contributed by atoms with van der Waals surface area (Å²) in [5.41, 5.74) is 8.64. The Kier molecular flexibility index (Phi) is 4.47. The highest BCUT2D eigenvalue weighted by molar-refractivity contribution is 7.12. The largest absolute Gasteiger partial charge is 0.346 e. The quantitative estimate of drug-likeness (QED) is 0.834. The summed E-state index contributed by atoms with van der Waals surface area (Å²) in [5.74, 6) is 5.51. The Hall–Kier alpha value is -1.68. The highest BCUT2D eigenvalue weighted by Gasteiger charge is 2.11. The van der Waals surface area contributed by atoms with E-state index < -0.39 is 0 Å². The summed E-state index contributed by atoms with van der Waals surface area (Å²) >= 11 is 2.88. The standard InChI is InChI=1S/C12H11N3OS2/c13-4-1-2-9-3-5-18-11(9)12(16)14-6-10-7-17-8-15-10/h3,5,7-8H,4,6,13H2,(H,14,16). The van der Waals surface area contributed by atoms with Gasteiger partial charge in [-0.3, -0.25) is 4.79 Å². The Labute approximate surface area is 113 Å². The number of carbonyl (C=O) groups is 1. The van der Waals surface area contributed by atoms with Gasteiger partial charge in [-0.15, -0.1) is 22.7 Å². The predicted octanol–water partition coefficient (Wildman–Crippen LogP) is 1.44. The van der Waals surface area contributed by atoms with Crippen LogP contribution in [0.1, 0.15) is 20.9 Å². The van der Waals surface area contributed by atoms with E-state index in [4.69, 9.17) is 5.73 Å². The molecule has 0 saturated heterocycles. The van der Waals surface area contributed by atoms with Crippen LogP contribution in [0, 0.1) is 11.8 Å². The van der Waals surface area contributed by atoms with Crippen LogP contribution in [0.2, 0.25) is 0 Å². The molecule has 0 unspecified atom stereocenters. The first-order valence-corrected chi connectivity index (χ1v) is 7.05. The number of hydrogen-bond acceptors (Lipinski definition) is 5. The number of nitrogens with zero attached hydrogens (tertiary/aromatic N) is 1. The number of amides is 1. The van der Waals surface area contributed by atoms with Gasteiger partial charge >= 0.3 is 0 Å². The van der Waals surface area contributed by atoms with E-state index in [1.165, 1.54) is 22.7 Å². The van der Waals surface area contributed by atoms with Crippen LogP contribution < -0.4 is 11.1 Å². The van der Waals surface area contributed by atoms with Crippen molar-refractivity contribution in [2.24, 2.45) is 5.73 Å². The minimum atomic E-state index is -0.126. The first-order chi connectivity index (χ1) is 8.81. The number of carbonyl (C=O) groups excluding carboxylic acids is 1. The van der Waals surface area contributed by atoms with Crippen LogP contribution >= 0.6 is 22.7 Å². The second-order valence-electron chi connectivity index (χ2n) is 3.33. The summed E-state index contributed by atoms with van der Waals surface area (Å²) in [6.45, 7) is 0.722. The summed E-state index contributed by atoms with van der Waals surface area (Å²) < 4.78 is 0. The van der Waals surface area contributed by atoms with Gasteiger partial charge in [0.1, 0.15) is 4.88 Å². The van der Waals surface area contributed by atoms with E-state index in [0.717, 1.165) is 11.3 Å². The zero-order chi connectivity index (χ0) is 12.8. The number of nitrogens with two attached hydrogens (primary N) is 1. The van der Waals surface area contributed by atoms with Crippen molar-refractivity contribution in [1.82, 2.24) is 10.3 Å². The van der Waals surface area contributed by atoms with Gasteiger partial charge in [-0.05, 0) is 11.4 Å². The van der Waals surface area contributed by atoms with Crippen LogP contribution in [-0.4, -0.2) is 17.4 Å². The molecule has 0 bridgehead atoms. The molecular formula is C12H11N3OS2. The Morgan fingerprint density at radius 1 is 1.56 bits per heavy atom. The fraction of sp³-hybridized carbons (Fsp3) is 0.167. The lowest BCUT2D eigenvalue weighted by molar-refractivity contribution is 0.0954. The van der Waals surface area contributed by atoms with E-state index in [1.54, 1.807) is 5.51 Å². The van der Waals surface area contributed by atoms with Crippen molar-refractivity contribution < 1.29 is 4.79 Å². The van der Waals surface area contributed by atoms with E-state index in [1.807, 2.05) is 16.8 Å². The Bertz CT molecular complexity index is 578. The molecule has 1 amide bonds. The second kappa shape index (κ2) is 6.31. The Morgan fingerprint density at radius 2 is 2.44 bits per heavy atom. The van der Waals surface area contributed by atoms with Crippen molar-refractivity contribution in [3.63, 3.8) is 0 Å². The van der Waals surface area contributed by atoms with Gasteiger partial charge < -0.3 is 11.1 Å². The fourth-order valence-corrected chi connectivity index (χ4v) is 2.63. The smallest absolute Gasteiger partial charge is 0.262 e. The molecule has 2 aromatic rings. The lowest BCUT2D eigenvalue weighted by Crippen LogP contribution is -2.22. The summed E-state index contributed by atoms with van der Waals surface area (Å²) in [6, 6.07) is 1.82. The lowest BCUT2D eigenvalue weighted by atomic mass is 10.2. The van der Waals surface area contributed by atoms with Gasteiger partial charge in [0.2, 0.25) is 0 Å². The van der Waals surface area contributed by atoms with Crippen LogP contribution in [0.5, 0.6) is 0 Å². The Balaban J connectivity index is 2.02. The maximum absolute atomic E-state index is 12.0. The van der Waals surface area contributed by atoms with Crippen molar-refractivity contribution >= 4 is 28.6 Å². The number of aromatic nitrogens is 1. The molecule has 0 aliphatic heterocycles. The van der Waals surface area contributed by atoms with Crippen LogP contribution in [-0.2, 0) is 6.54 Å². The molecule has 2 rings (SSSR count). The topological polar surface area (TPSA) is 68.0 Å². The van der Waals surface area contributed by atoms with Gasteiger partial charge in [-0.25, -0.2) is 4.98 Å². The molecule has 0 aliphatic carbocycles. The zero-order valence-corrected chi connectivity index (χ0v) is 11.1. The van der Waals surface area contributed by atoms with Gasteiger partial charge in [0, 0.05) is 10.9 Å². The third-order valence-electron chi connectivity index (χ3n) is 2.11. The second-order valence-corrected chi connectivity index (χ2v) is 4.97. The molecule has 0 aromatic carbocycles. The van der Waals surface area contributed by atoms with E-state index in [2.05, 4.69) is 22.1 Å². The van der Waals surface area contributed by atoms with E-state index >= 15 is 0 Å². The van der Waals surface area contributed by atoms with Crippen LogP contribution in [0.15, 0.2) is 22.3 Å². The predicted molar refractivity (Wildman–Crippen MR) is 73.5 cm³/mol. The first kappa shape index (κ1) is 12.8. The molecule has 0 aliphatic rings. The summed E-state index contributed by atoms with van der Waals surface area (Å²) in [7, 11) is 0. The van der Waals surface area contributed by atoms with Gasteiger partial charge in [0.25, 0.3) is 5.91 Å².